The third-order valence-corrected chi connectivity index (χ3v) is 9.95. The molecule has 0 fully saturated rings. The molecule has 2 heterocycles. The molecule has 5 aromatic carbocycles. The molecule has 0 bridgehead atoms. The number of aryl methyl sites for hydroxylation is 2. The van der Waals surface area contributed by atoms with Gasteiger partial charge in [-0.05, 0) is 18.9 Å². The molecule has 0 aliphatic heterocycles. The van der Waals surface area contributed by atoms with Gasteiger partial charge in [-0.2, -0.15) is 21.9 Å². The first-order valence-electron chi connectivity index (χ1n) is 17.6. The summed E-state index contributed by atoms with van der Waals surface area (Å²) in [5, 5.41) is 11.2. The average Bonchev–Trinajstić information content (AvgIpc) is 3.54. The Hall–Kier alpha value is -5.42. The fourth-order valence-corrected chi connectivity index (χ4v) is 7.49. The number of aliphatic carboxylic acids is 1. The summed E-state index contributed by atoms with van der Waals surface area (Å²) in [6.07, 6.45) is 6.46. The van der Waals surface area contributed by atoms with Gasteiger partial charge >= 0.3 is 5.97 Å². The van der Waals surface area contributed by atoms with Crippen molar-refractivity contribution >= 4 is 55.8 Å². The lowest BCUT2D eigenvalue weighted by atomic mass is 9.13. The molecule has 0 unspecified atom stereocenters. The Morgan fingerprint density at radius 3 is 1.53 bits per heavy atom. The highest BCUT2D eigenvalue weighted by Gasteiger charge is 2.31. The van der Waals surface area contributed by atoms with E-state index in [4.69, 9.17) is 5.11 Å². The molecule has 4 nitrogen and oxygen atoms in total. The number of aromatic nitrogens is 2. The highest BCUT2D eigenvalue weighted by molar-refractivity contribution is 7.19. The van der Waals surface area contributed by atoms with Crippen LogP contribution in [0.1, 0.15) is 44.2 Å². The number of hydrogen-bond donors (Lipinski definition) is 2. The van der Waals surface area contributed by atoms with Crippen LogP contribution in [0.3, 0.4) is 0 Å². The Bertz CT molecular complexity index is 1910. The van der Waals surface area contributed by atoms with Gasteiger partial charge in [0.1, 0.15) is 18.2 Å². The number of nitrogens with one attached hydrogen (secondary N) is 1. The van der Waals surface area contributed by atoms with Gasteiger partial charge < -0.3 is 10.1 Å². The Morgan fingerprint density at radius 2 is 1.02 bits per heavy atom. The number of rotatable bonds is 12. The number of nitrogens with zero attached hydrogens (tertiary/aromatic N) is 1. The number of carboxylic acid groups (broad SMARTS) is 1. The summed E-state index contributed by atoms with van der Waals surface area (Å²) < 4.78 is 2.31. The largest absolute Gasteiger partial charge is 0.481 e. The van der Waals surface area contributed by atoms with Gasteiger partial charge in [0.15, 0.2) is 6.20 Å². The second-order valence-electron chi connectivity index (χ2n) is 13.0. The van der Waals surface area contributed by atoms with E-state index in [1.165, 1.54) is 49.4 Å². The van der Waals surface area contributed by atoms with Crippen LogP contribution in [0.25, 0.3) is 21.8 Å². The molecular formula is C44H45BN2O2. The summed E-state index contributed by atoms with van der Waals surface area (Å²) in [4.78, 5) is 14.0. The van der Waals surface area contributed by atoms with Crippen molar-refractivity contribution in [1.29, 1.82) is 0 Å². The molecule has 0 spiro atoms. The lowest BCUT2D eigenvalue weighted by Crippen LogP contribution is -2.74. The standard InChI is InChI=1S/C24H20B.C20H24N2O2/c1-5-13-21(14-6-1)25(22-15-7-2-8-16-22,23-17-9-3-10-18-23)24-19-11-4-12-20-24;1-15-20-17(16-9-6-7-10-18(16)21-20)12-14-22(15)13-8-4-2-3-5-11-19(23)24/h1-20H;6-7,9-10,12,14H,2-5,8,11,13H2,1H3,(H,23,24)/q-1;/p+1. The molecule has 7 rings (SSSR count). The summed E-state index contributed by atoms with van der Waals surface area (Å²) in [6, 6.07) is 54.2. The number of carbonyl (C=O) groups is 1. The minimum Gasteiger partial charge on any atom is -0.481 e. The number of benzene rings is 5. The first-order chi connectivity index (χ1) is 24.1. The van der Waals surface area contributed by atoms with Crippen molar-refractivity contribution in [1.82, 2.24) is 4.98 Å². The van der Waals surface area contributed by atoms with Gasteiger partial charge in [-0.3, -0.25) is 4.79 Å². The van der Waals surface area contributed by atoms with Gasteiger partial charge in [0.2, 0.25) is 5.69 Å². The molecule has 2 N–H and O–H groups in total. The van der Waals surface area contributed by atoms with E-state index < -0.39 is 12.1 Å². The quantitative estimate of drug-likeness (QED) is 0.0828. The summed E-state index contributed by atoms with van der Waals surface area (Å²) in [5.41, 5.74) is 9.04. The van der Waals surface area contributed by atoms with Crippen LogP contribution < -0.4 is 26.4 Å². The molecule has 0 amide bonds. The van der Waals surface area contributed by atoms with Crippen LogP contribution in [0, 0.1) is 6.92 Å². The van der Waals surface area contributed by atoms with Gasteiger partial charge in [0.25, 0.3) is 0 Å². The van der Waals surface area contributed by atoms with E-state index in [9.17, 15) is 4.79 Å². The van der Waals surface area contributed by atoms with Crippen molar-refractivity contribution in [3.05, 3.63) is 164 Å². The number of para-hydroxylation sites is 1. The van der Waals surface area contributed by atoms with E-state index in [2.05, 4.69) is 174 Å². The maximum absolute atomic E-state index is 10.5. The van der Waals surface area contributed by atoms with E-state index in [1.54, 1.807) is 0 Å². The van der Waals surface area contributed by atoms with Crippen molar-refractivity contribution < 1.29 is 14.5 Å². The molecular weight excluding hydrogens is 599 g/mol. The summed E-state index contributed by atoms with van der Waals surface area (Å²) >= 11 is 0. The van der Waals surface area contributed by atoms with Gasteiger partial charge in [-0.15, -0.1) is 0 Å². The van der Waals surface area contributed by atoms with Crippen LogP contribution in [-0.2, 0) is 11.3 Å². The van der Waals surface area contributed by atoms with Gasteiger partial charge in [0.05, 0.1) is 0 Å². The molecule has 7 aromatic rings. The predicted molar refractivity (Wildman–Crippen MR) is 206 cm³/mol. The number of carboxylic acids is 1. The molecule has 0 aliphatic rings. The second kappa shape index (κ2) is 16.1. The smallest absolute Gasteiger partial charge is 0.303 e. The summed E-state index contributed by atoms with van der Waals surface area (Å²) in [7, 11) is 0. The van der Waals surface area contributed by atoms with Crippen molar-refractivity contribution in [2.24, 2.45) is 0 Å². The van der Waals surface area contributed by atoms with Crippen LogP contribution in [-0.4, -0.2) is 22.2 Å². The van der Waals surface area contributed by atoms with E-state index >= 15 is 0 Å². The Balaban J connectivity index is 0.000000170. The normalized spacial score (nSPS) is 11.3. The molecule has 0 saturated heterocycles. The Kier molecular flexibility index (Phi) is 11.0. The zero-order valence-corrected chi connectivity index (χ0v) is 28.3. The van der Waals surface area contributed by atoms with Crippen LogP contribution >= 0.6 is 0 Å². The zero-order chi connectivity index (χ0) is 33.9. The molecule has 0 radical (unpaired) electrons. The first-order valence-corrected chi connectivity index (χ1v) is 17.6. The van der Waals surface area contributed by atoms with Crippen LogP contribution in [0.2, 0.25) is 0 Å². The molecule has 0 aliphatic carbocycles. The fourth-order valence-electron chi connectivity index (χ4n) is 7.49. The first kappa shape index (κ1) is 33.5. The van der Waals surface area contributed by atoms with Crippen molar-refractivity contribution in [2.75, 3.05) is 0 Å². The minimum absolute atomic E-state index is 0.297. The number of hydrogen-bond acceptors (Lipinski definition) is 1. The lowest BCUT2D eigenvalue weighted by molar-refractivity contribution is -0.701. The molecule has 0 saturated carbocycles. The number of H-pyrrole nitrogens is 1. The van der Waals surface area contributed by atoms with E-state index in [0.717, 1.165) is 38.6 Å². The van der Waals surface area contributed by atoms with Gasteiger partial charge in [0, 0.05) is 42.1 Å². The topological polar surface area (TPSA) is 57.0 Å². The number of aromatic amines is 1. The van der Waals surface area contributed by atoms with E-state index in [-0.39, 0.29) is 0 Å². The van der Waals surface area contributed by atoms with Gasteiger partial charge in [-0.25, -0.2) is 4.57 Å². The Morgan fingerprint density at radius 1 is 0.571 bits per heavy atom. The van der Waals surface area contributed by atoms with Crippen molar-refractivity contribution in [3.63, 3.8) is 0 Å². The second-order valence-corrected chi connectivity index (χ2v) is 13.0. The van der Waals surface area contributed by atoms with Crippen LogP contribution in [0.15, 0.2) is 158 Å². The fraction of sp³-hybridized carbons (Fsp3) is 0.182. The predicted octanol–water partition coefficient (Wildman–Crippen LogP) is 7.41. The third kappa shape index (κ3) is 7.52. The van der Waals surface area contributed by atoms with E-state index in [0.29, 0.717) is 6.42 Å². The maximum atomic E-state index is 10.5. The lowest BCUT2D eigenvalue weighted by Gasteiger charge is -2.44. The molecule has 49 heavy (non-hydrogen) atoms. The maximum Gasteiger partial charge on any atom is 0.303 e. The number of pyridine rings is 1. The van der Waals surface area contributed by atoms with Crippen LogP contribution in [0.4, 0.5) is 0 Å². The highest BCUT2D eigenvalue weighted by atomic mass is 16.4. The average molecular weight is 645 g/mol. The van der Waals surface area contributed by atoms with Gasteiger partial charge in [-0.1, -0.05) is 152 Å². The minimum atomic E-state index is -1.22. The SMILES string of the molecule is Cc1c2[nH]c3ccccc3c2cc[n+]1CCCCCCCC(=O)O.c1ccc([B-](c2ccccc2)(c2ccccc2)c2ccccc2)cc1. The molecule has 246 valence electrons. The summed E-state index contributed by atoms with van der Waals surface area (Å²) in [6.45, 7) is 3.18. The summed E-state index contributed by atoms with van der Waals surface area (Å²) in [5.74, 6) is -0.687. The van der Waals surface area contributed by atoms with Crippen molar-refractivity contribution in [3.8, 4) is 0 Å². The number of fused-ring (bicyclic) bond motifs is 3. The molecule has 2 aromatic heterocycles. The van der Waals surface area contributed by atoms with Crippen molar-refractivity contribution in [2.45, 2.75) is 52.0 Å². The third-order valence-electron chi connectivity index (χ3n) is 9.95. The molecule has 0 atom stereocenters. The van der Waals surface area contributed by atoms with Crippen LogP contribution in [0.5, 0.6) is 0 Å². The van der Waals surface area contributed by atoms with E-state index in [1.807, 2.05) is 0 Å². The highest BCUT2D eigenvalue weighted by Crippen LogP contribution is 2.25. The number of unbranched alkanes of at least 4 members (excludes halogenated alkanes) is 4. The molecule has 5 heteroatoms. The monoisotopic (exact) mass is 644 g/mol. The Labute approximate surface area is 290 Å². The zero-order valence-electron chi connectivity index (χ0n) is 28.3.